The monoisotopic (exact) mass is 403 g/mol. The van der Waals surface area contributed by atoms with E-state index >= 15 is 0 Å². The second-order valence-electron chi connectivity index (χ2n) is 6.55. The summed E-state index contributed by atoms with van der Waals surface area (Å²) in [4.78, 5) is 12.0. The van der Waals surface area contributed by atoms with Crippen molar-refractivity contribution in [2.75, 3.05) is 5.32 Å². The van der Waals surface area contributed by atoms with Crippen molar-refractivity contribution in [3.63, 3.8) is 0 Å². The summed E-state index contributed by atoms with van der Waals surface area (Å²) in [6.45, 7) is 5.42. The van der Waals surface area contributed by atoms with Gasteiger partial charge in [-0.25, -0.2) is 4.79 Å². The van der Waals surface area contributed by atoms with Crippen LogP contribution in [0.1, 0.15) is 37.5 Å². The summed E-state index contributed by atoms with van der Waals surface area (Å²) >= 11 is 3.40. The third-order valence-corrected chi connectivity index (χ3v) is 3.81. The molecule has 0 radical (unpaired) electrons. The summed E-state index contributed by atoms with van der Waals surface area (Å²) in [7, 11) is 0. The maximum atomic E-state index is 12.0. The lowest BCUT2D eigenvalue weighted by Gasteiger charge is -2.20. The number of benzene rings is 2. The van der Waals surface area contributed by atoms with Crippen molar-refractivity contribution in [3.05, 3.63) is 63.6 Å². The smallest absolute Gasteiger partial charge is 0.412 e. The Kier molecular flexibility index (Phi) is 6.39. The van der Waals surface area contributed by atoms with Gasteiger partial charge in [-0.05, 0) is 55.7 Å². The molecule has 132 valence electrons. The number of para-hydroxylation sites is 1. The Balaban J connectivity index is 2.22. The number of carbonyl (C=O) groups is 1. The summed E-state index contributed by atoms with van der Waals surface area (Å²) in [6, 6.07) is 13.2. The minimum atomic E-state index is -0.553. The molecule has 4 nitrogen and oxygen atoms in total. The van der Waals surface area contributed by atoms with E-state index in [-0.39, 0.29) is 6.61 Å². The average molecular weight is 404 g/mol. The maximum absolute atomic E-state index is 12.0. The van der Waals surface area contributed by atoms with Crippen LogP contribution in [-0.4, -0.2) is 16.8 Å². The van der Waals surface area contributed by atoms with E-state index in [2.05, 4.69) is 21.2 Å². The number of amides is 1. The highest BCUT2D eigenvalue weighted by Crippen LogP contribution is 2.22. The zero-order valence-electron chi connectivity index (χ0n) is 14.5. The Bertz CT molecular complexity index is 779. The number of rotatable bonds is 4. The van der Waals surface area contributed by atoms with Crippen LogP contribution in [0.15, 0.2) is 46.9 Å². The van der Waals surface area contributed by atoms with Crippen LogP contribution in [0.2, 0.25) is 0 Å². The molecule has 2 aromatic rings. The summed E-state index contributed by atoms with van der Waals surface area (Å²) < 4.78 is 6.21. The zero-order valence-corrected chi connectivity index (χ0v) is 16.1. The second kappa shape index (κ2) is 8.32. The molecule has 25 heavy (non-hydrogen) atoms. The van der Waals surface area contributed by atoms with E-state index < -0.39 is 11.7 Å². The molecule has 2 N–H and O–H groups in total. The van der Waals surface area contributed by atoms with Gasteiger partial charge in [0.25, 0.3) is 0 Å². The molecule has 0 aliphatic heterocycles. The van der Waals surface area contributed by atoms with Crippen molar-refractivity contribution in [2.24, 2.45) is 0 Å². The highest BCUT2D eigenvalue weighted by Gasteiger charge is 2.16. The fraction of sp³-hybridized carbons (Fsp3) is 0.250. The van der Waals surface area contributed by atoms with Crippen molar-refractivity contribution in [2.45, 2.75) is 33.0 Å². The number of halogens is 1. The van der Waals surface area contributed by atoms with Crippen LogP contribution in [0.3, 0.4) is 0 Å². The molecule has 2 aromatic carbocycles. The molecule has 0 bridgehead atoms. The predicted octanol–water partition coefficient (Wildman–Crippen LogP) is 5.46. The number of carbonyl (C=O) groups excluding carboxylic acids is 1. The van der Waals surface area contributed by atoms with Gasteiger partial charge in [-0.15, -0.1) is 0 Å². The number of aliphatic hydroxyl groups excluding tert-OH is 1. The van der Waals surface area contributed by atoms with E-state index in [0.29, 0.717) is 5.69 Å². The minimum Gasteiger partial charge on any atom is -0.444 e. The summed E-state index contributed by atoms with van der Waals surface area (Å²) in [5.74, 6) is 0. The molecule has 0 saturated heterocycles. The van der Waals surface area contributed by atoms with E-state index in [0.717, 1.165) is 21.2 Å². The van der Waals surface area contributed by atoms with Crippen molar-refractivity contribution in [1.82, 2.24) is 0 Å². The SMILES string of the molecule is CC(C)(C)OC(=O)Nc1ccccc1/C=C/c1ccc(Br)cc1CO. The quantitative estimate of drug-likeness (QED) is 0.666. The predicted molar refractivity (Wildman–Crippen MR) is 105 cm³/mol. The number of anilines is 1. The third-order valence-electron chi connectivity index (χ3n) is 3.31. The summed E-state index contributed by atoms with van der Waals surface area (Å²) in [6.07, 6.45) is 3.32. The Morgan fingerprint density at radius 3 is 2.52 bits per heavy atom. The fourth-order valence-corrected chi connectivity index (χ4v) is 2.63. The number of hydrogen-bond acceptors (Lipinski definition) is 3. The zero-order chi connectivity index (χ0) is 18.4. The maximum Gasteiger partial charge on any atom is 0.412 e. The second-order valence-corrected chi connectivity index (χ2v) is 7.46. The number of hydrogen-bond donors (Lipinski definition) is 2. The van der Waals surface area contributed by atoms with Crippen LogP contribution >= 0.6 is 15.9 Å². The van der Waals surface area contributed by atoms with Gasteiger partial charge in [0, 0.05) is 4.47 Å². The molecule has 5 heteroatoms. The van der Waals surface area contributed by atoms with Crippen molar-refractivity contribution in [3.8, 4) is 0 Å². The number of ether oxygens (including phenoxy) is 1. The first kappa shape index (κ1) is 19.2. The average Bonchev–Trinajstić information content (AvgIpc) is 2.53. The van der Waals surface area contributed by atoms with Crippen molar-refractivity contribution >= 4 is 39.9 Å². The molecule has 0 unspecified atom stereocenters. The summed E-state index contributed by atoms with van der Waals surface area (Å²) in [5.41, 5.74) is 2.69. The van der Waals surface area contributed by atoms with E-state index in [1.807, 2.05) is 75.4 Å². The van der Waals surface area contributed by atoms with Crippen molar-refractivity contribution in [1.29, 1.82) is 0 Å². The Hall–Kier alpha value is -2.11. The lowest BCUT2D eigenvalue weighted by molar-refractivity contribution is 0.0636. The highest BCUT2D eigenvalue weighted by molar-refractivity contribution is 9.10. The van der Waals surface area contributed by atoms with E-state index in [9.17, 15) is 9.90 Å². The third kappa shape index (κ3) is 6.03. The Morgan fingerprint density at radius 1 is 1.16 bits per heavy atom. The van der Waals surface area contributed by atoms with Gasteiger partial charge in [0.2, 0.25) is 0 Å². The topological polar surface area (TPSA) is 58.6 Å². The minimum absolute atomic E-state index is 0.0447. The molecule has 0 saturated carbocycles. The van der Waals surface area contributed by atoms with Gasteiger partial charge in [0.05, 0.1) is 12.3 Å². The van der Waals surface area contributed by atoms with Gasteiger partial charge < -0.3 is 9.84 Å². The molecule has 1 amide bonds. The molecule has 0 heterocycles. The van der Waals surface area contributed by atoms with Crippen LogP contribution in [0.5, 0.6) is 0 Å². The molecular formula is C20H22BrNO3. The van der Waals surface area contributed by atoms with E-state index in [1.54, 1.807) is 0 Å². The van der Waals surface area contributed by atoms with Crippen LogP contribution in [0.4, 0.5) is 10.5 Å². The van der Waals surface area contributed by atoms with E-state index in [1.165, 1.54) is 0 Å². The number of nitrogens with one attached hydrogen (secondary N) is 1. The largest absolute Gasteiger partial charge is 0.444 e. The van der Waals surface area contributed by atoms with Crippen LogP contribution in [0, 0.1) is 0 Å². The Morgan fingerprint density at radius 2 is 1.84 bits per heavy atom. The lowest BCUT2D eigenvalue weighted by Crippen LogP contribution is -2.27. The molecule has 2 rings (SSSR count). The summed E-state index contributed by atoms with van der Waals surface area (Å²) in [5, 5.41) is 12.3. The lowest BCUT2D eigenvalue weighted by atomic mass is 10.1. The molecule has 0 aliphatic rings. The first-order chi connectivity index (χ1) is 11.8. The fourth-order valence-electron chi connectivity index (χ4n) is 2.22. The van der Waals surface area contributed by atoms with Gasteiger partial charge in [-0.1, -0.05) is 52.3 Å². The first-order valence-electron chi connectivity index (χ1n) is 7.95. The van der Waals surface area contributed by atoms with E-state index in [4.69, 9.17) is 4.74 Å². The van der Waals surface area contributed by atoms with Crippen LogP contribution in [0.25, 0.3) is 12.2 Å². The molecular weight excluding hydrogens is 382 g/mol. The van der Waals surface area contributed by atoms with Gasteiger partial charge in [0.1, 0.15) is 5.60 Å². The Labute approximate surface area is 156 Å². The van der Waals surface area contributed by atoms with Crippen molar-refractivity contribution < 1.29 is 14.6 Å². The van der Waals surface area contributed by atoms with Crippen LogP contribution in [-0.2, 0) is 11.3 Å². The normalized spacial score (nSPS) is 11.6. The standard InChI is InChI=1S/C20H22BrNO3/c1-20(2,3)25-19(24)22-18-7-5-4-6-15(18)9-8-14-10-11-17(21)12-16(14)13-23/h4-12,23H,13H2,1-3H3,(H,22,24)/b9-8+. The first-order valence-corrected chi connectivity index (χ1v) is 8.74. The molecule has 0 spiro atoms. The van der Waals surface area contributed by atoms with Crippen LogP contribution < -0.4 is 5.32 Å². The molecule has 0 aliphatic carbocycles. The van der Waals surface area contributed by atoms with Gasteiger partial charge >= 0.3 is 6.09 Å². The van der Waals surface area contributed by atoms with Gasteiger partial charge in [-0.2, -0.15) is 0 Å². The molecule has 0 fully saturated rings. The molecule has 0 atom stereocenters. The highest BCUT2D eigenvalue weighted by atomic mass is 79.9. The van der Waals surface area contributed by atoms with Gasteiger partial charge in [-0.3, -0.25) is 5.32 Å². The van der Waals surface area contributed by atoms with Gasteiger partial charge in [0.15, 0.2) is 0 Å². The molecule has 0 aromatic heterocycles. The number of aliphatic hydroxyl groups is 1.